The van der Waals surface area contributed by atoms with E-state index in [0.717, 1.165) is 10.7 Å². The Hall–Kier alpha value is -2.13. The van der Waals surface area contributed by atoms with Gasteiger partial charge in [0.2, 0.25) is 10.0 Å². The van der Waals surface area contributed by atoms with Gasteiger partial charge in [-0.05, 0) is 18.2 Å². The molecule has 0 radical (unpaired) electrons. The highest BCUT2D eigenvalue weighted by molar-refractivity contribution is 7.89. The van der Waals surface area contributed by atoms with Crippen LogP contribution in [0.15, 0.2) is 32.7 Å². The average molecular weight is 284 g/mol. The lowest BCUT2D eigenvalue weighted by Gasteiger charge is -2.14. The van der Waals surface area contributed by atoms with E-state index in [2.05, 4.69) is 4.98 Å². The van der Waals surface area contributed by atoms with Gasteiger partial charge in [0.05, 0.1) is 15.8 Å². The first-order chi connectivity index (χ1) is 8.71. The lowest BCUT2D eigenvalue weighted by atomic mass is 10.2. The van der Waals surface area contributed by atoms with E-state index in [1.165, 1.54) is 31.2 Å². The Labute approximate surface area is 108 Å². The van der Waals surface area contributed by atoms with Crippen LogP contribution < -0.4 is 21.4 Å². The van der Waals surface area contributed by atoms with Gasteiger partial charge in [0, 0.05) is 14.1 Å². The maximum absolute atomic E-state index is 12.1. The van der Waals surface area contributed by atoms with Crippen LogP contribution in [0, 0.1) is 0 Å². The van der Waals surface area contributed by atoms with Gasteiger partial charge in [0.1, 0.15) is 0 Å². The van der Waals surface area contributed by atoms with E-state index >= 15 is 0 Å². The molecule has 1 aromatic heterocycles. The number of hydrogen-bond acceptors (Lipinski definition) is 5. The summed E-state index contributed by atoms with van der Waals surface area (Å²) in [5.74, 6) is 0. The summed E-state index contributed by atoms with van der Waals surface area (Å²) in [7, 11) is -0.868. The molecular formula is C10H12N4O4S. The zero-order chi connectivity index (χ0) is 14.4. The first-order valence-corrected chi connectivity index (χ1v) is 6.76. The third-order valence-electron chi connectivity index (χ3n) is 2.58. The first-order valence-electron chi connectivity index (χ1n) is 5.21. The van der Waals surface area contributed by atoms with E-state index in [1.807, 2.05) is 0 Å². The van der Waals surface area contributed by atoms with Gasteiger partial charge in [-0.1, -0.05) is 0 Å². The second-order valence-corrected chi connectivity index (χ2v) is 5.71. The van der Waals surface area contributed by atoms with Crippen LogP contribution in [-0.4, -0.2) is 32.2 Å². The highest BCUT2D eigenvalue weighted by atomic mass is 32.2. The van der Waals surface area contributed by atoms with Crippen molar-refractivity contribution in [3.8, 4) is 0 Å². The van der Waals surface area contributed by atoms with Gasteiger partial charge in [0.15, 0.2) is 0 Å². The number of primary sulfonamides is 1. The Kier molecular flexibility index (Phi) is 2.95. The Balaban J connectivity index is 2.94. The molecule has 8 nitrogen and oxygen atoms in total. The fourth-order valence-electron chi connectivity index (χ4n) is 1.72. The summed E-state index contributed by atoms with van der Waals surface area (Å²) in [5, 5.41) is 6.37. The summed E-state index contributed by atoms with van der Waals surface area (Å²) in [5.41, 5.74) is -0.972. The normalized spacial score (nSPS) is 11.7. The number of sulfonamides is 1. The van der Waals surface area contributed by atoms with Crippen molar-refractivity contribution in [2.45, 2.75) is 4.90 Å². The molecule has 0 saturated carbocycles. The molecule has 1 heterocycles. The van der Waals surface area contributed by atoms with Gasteiger partial charge < -0.3 is 9.99 Å². The van der Waals surface area contributed by atoms with Gasteiger partial charge in [-0.2, -0.15) is 4.68 Å². The van der Waals surface area contributed by atoms with E-state index in [1.54, 1.807) is 0 Å². The zero-order valence-corrected chi connectivity index (χ0v) is 11.1. The average Bonchev–Trinajstić information content (AvgIpc) is 2.26. The Morgan fingerprint density at radius 3 is 2.42 bits per heavy atom. The second-order valence-electron chi connectivity index (χ2n) is 4.15. The molecule has 0 aliphatic carbocycles. The van der Waals surface area contributed by atoms with Gasteiger partial charge in [0.25, 0.3) is 5.56 Å². The minimum Gasteiger partial charge on any atom is -0.312 e. The molecule has 0 aliphatic rings. The largest absolute Gasteiger partial charge is 0.347 e. The molecule has 1 aromatic carbocycles. The molecule has 3 N–H and O–H groups in total. The number of aromatic nitrogens is 2. The third kappa shape index (κ3) is 2.25. The van der Waals surface area contributed by atoms with Gasteiger partial charge in [-0.25, -0.2) is 18.4 Å². The number of H-pyrrole nitrogens is 1. The number of nitrogens with two attached hydrogens (primary N) is 1. The van der Waals surface area contributed by atoms with Crippen LogP contribution in [0.5, 0.6) is 0 Å². The van der Waals surface area contributed by atoms with Crippen LogP contribution >= 0.6 is 0 Å². The predicted octanol–water partition coefficient (Wildman–Crippen LogP) is -1.47. The fraction of sp³-hybridized carbons (Fsp3) is 0.200. The summed E-state index contributed by atoms with van der Waals surface area (Å²) in [6.07, 6.45) is 0. The Morgan fingerprint density at radius 2 is 1.89 bits per heavy atom. The van der Waals surface area contributed by atoms with Crippen molar-refractivity contribution in [1.82, 2.24) is 9.66 Å². The summed E-state index contributed by atoms with van der Waals surface area (Å²) in [4.78, 5) is 26.1. The molecule has 2 rings (SSSR count). The SMILES string of the molecule is CN(C)n1c(=O)[nH]c2ccc(S(N)(=O)=O)cc2c1=O. The summed E-state index contributed by atoms with van der Waals surface area (Å²) in [6.45, 7) is 0. The topological polar surface area (TPSA) is 118 Å². The Bertz CT molecular complexity index is 863. The third-order valence-corrected chi connectivity index (χ3v) is 3.49. The summed E-state index contributed by atoms with van der Waals surface area (Å²) in [6, 6.07) is 3.70. The van der Waals surface area contributed by atoms with Gasteiger partial charge in [-0.3, -0.25) is 4.79 Å². The molecule has 0 fully saturated rings. The number of hydrogen-bond donors (Lipinski definition) is 2. The van der Waals surface area contributed by atoms with Crippen LogP contribution in [0.25, 0.3) is 10.9 Å². The molecular weight excluding hydrogens is 272 g/mol. The van der Waals surface area contributed by atoms with Crippen LogP contribution in [0.4, 0.5) is 0 Å². The highest BCUT2D eigenvalue weighted by Crippen LogP contribution is 2.12. The summed E-state index contributed by atoms with van der Waals surface area (Å²) >= 11 is 0. The van der Waals surface area contributed by atoms with Gasteiger partial charge in [-0.15, -0.1) is 0 Å². The van der Waals surface area contributed by atoms with Crippen molar-refractivity contribution in [2.24, 2.45) is 5.14 Å². The molecule has 19 heavy (non-hydrogen) atoms. The molecule has 0 bridgehead atoms. The van der Waals surface area contributed by atoms with Crippen LogP contribution in [-0.2, 0) is 10.0 Å². The molecule has 0 amide bonds. The Morgan fingerprint density at radius 1 is 1.26 bits per heavy atom. The van der Waals surface area contributed by atoms with Crippen molar-refractivity contribution in [3.05, 3.63) is 39.0 Å². The van der Waals surface area contributed by atoms with E-state index in [9.17, 15) is 18.0 Å². The minimum atomic E-state index is -3.91. The molecule has 0 unspecified atom stereocenters. The number of nitrogens with one attached hydrogen (secondary N) is 1. The smallest absolute Gasteiger partial charge is 0.312 e. The van der Waals surface area contributed by atoms with Crippen LogP contribution in [0.2, 0.25) is 0 Å². The second kappa shape index (κ2) is 4.21. The summed E-state index contributed by atoms with van der Waals surface area (Å²) < 4.78 is 23.4. The molecule has 0 spiro atoms. The molecule has 102 valence electrons. The maximum atomic E-state index is 12.1. The number of rotatable bonds is 2. The van der Waals surface area contributed by atoms with E-state index in [4.69, 9.17) is 5.14 Å². The lowest BCUT2D eigenvalue weighted by Crippen LogP contribution is -2.46. The molecule has 2 aromatic rings. The van der Waals surface area contributed by atoms with Crippen molar-refractivity contribution in [2.75, 3.05) is 19.1 Å². The minimum absolute atomic E-state index is 0.0693. The number of nitrogens with zero attached hydrogens (tertiary/aromatic N) is 2. The standard InChI is InChI=1S/C10H12N4O4S/c1-13(2)14-9(15)7-5-6(19(11,17)18)3-4-8(7)12-10(14)16/h3-5H,1-2H3,(H,12,16)(H2,11,17,18). The number of benzene rings is 1. The monoisotopic (exact) mass is 284 g/mol. The van der Waals surface area contributed by atoms with E-state index < -0.39 is 21.3 Å². The molecule has 9 heteroatoms. The van der Waals surface area contributed by atoms with Crippen LogP contribution in [0.1, 0.15) is 0 Å². The lowest BCUT2D eigenvalue weighted by molar-refractivity contribution is 0.598. The van der Waals surface area contributed by atoms with Crippen molar-refractivity contribution in [1.29, 1.82) is 0 Å². The zero-order valence-electron chi connectivity index (χ0n) is 10.2. The van der Waals surface area contributed by atoms with E-state index in [0.29, 0.717) is 0 Å². The number of aromatic amines is 1. The molecule has 0 saturated heterocycles. The van der Waals surface area contributed by atoms with Crippen molar-refractivity contribution >= 4 is 20.9 Å². The predicted molar refractivity (Wildman–Crippen MR) is 70.3 cm³/mol. The van der Waals surface area contributed by atoms with Crippen molar-refractivity contribution in [3.63, 3.8) is 0 Å². The maximum Gasteiger partial charge on any atom is 0.347 e. The molecule has 0 aliphatic heterocycles. The quantitative estimate of drug-likeness (QED) is 0.698. The number of fused-ring (bicyclic) bond motifs is 1. The fourth-order valence-corrected chi connectivity index (χ4v) is 2.26. The van der Waals surface area contributed by atoms with E-state index in [-0.39, 0.29) is 15.8 Å². The van der Waals surface area contributed by atoms with Crippen LogP contribution in [0.3, 0.4) is 0 Å². The van der Waals surface area contributed by atoms with Gasteiger partial charge >= 0.3 is 5.69 Å². The van der Waals surface area contributed by atoms with Crippen molar-refractivity contribution < 1.29 is 8.42 Å². The first kappa shape index (κ1) is 13.3. The highest BCUT2D eigenvalue weighted by Gasteiger charge is 2.13. The molecule has 0 atom stereocenters.